The Morgan fingerprint density at radius 2 is 1.59 bits per heavy atom. The van der Waals surface area contributed by atoms with Crippen LogP contribution in [0.3, 0.4) is 0 Å². The Morgan fingerprint density at radius 1 is 0.918 bits per heavy atom. The molecule has 11 nitrogen and oxygen atoms in total. The zero-order chi connectivity index (χ0) is 34.0. The SMILES string of the molecule is CC[C@@H](C)n1ncn(-c2ccc(N3CCN(c4ccc(OC[C@@H]5CO[C@@](Cn6cncn6)(c6ccc(F)cc6F)C5)cc4)CC3)cc2)c1=O. The molecule has 2 aliphatic rings. The predicted molar refractivity (Wildman–Crippen MR) is 181 cm³/mol. The van der Waals surface area contributed by atoms with E-state index in [4.69, 9.17) is 9.47 Å². The second kappa shape index (κ2) is 13.8. The first-order valence-electron chi connectivity index (χ1n) is 16.7. The highest BCUT2D eigenvalue weighted by atomic mass is 19.1. The van der Waals surface area contributed by atoms with Crippen LogP contribution in [-0.4, -0.2) is 68.5 Å². The Balaban J connectivity index is 0.925. The van der Waals surface area contributed by atoms with E-state index in [2.05, 4.69) is 49.2 Å². The fourth-order valence-electron chi connectivity index (χ4n) is 6.77. The number of halogens is 2. The Hall–Kier alpha value is -5.04. The molecule has 5 aromatic rings. The summed E-state index contributed by atoms with van der Waals surface area (Å²) in [7, 11) is 0. The van der Waals surface area contributed by atoms with Gasteiger partial charge in [-0.2, -0.15) is 10.2 Å². The molecule has 2 saturated heterocycles. The molecule has 0 bridgehead atoms. The molecular formula is C36H40F2N8O3. The standard InChI is InChI=1S/C36H40F2N8O3/c1-3-26(2)46-35(47)45(25-41-46)31-7-5-29(6-8-31)42-14-16-43(17-15-42)30-9-11-32(12-10-30)48-20-27-19-36(49-21-27,22-44-24-39-23-40-44)33-13-4-28(37)18-34(33)38/h4-13,18,23-27H,3,14-17,19-22H2,1-2H3/t26-,27-,36+/m1/s1. The molecule has 13 heteroatoms. The number of ether oxygens (including phenoxy) is 2. The number of rotatable bonds is 11. The van der Waals surface area contributed by atoms with Crippen LogP contribution in [0, 0.1) is 17.6 Å². The van der Waals surface area contributed by atoms with E-state index in [0.717, 1.165) is 61.5 Å². The minimum atomic E-state index is -1.01. The van der Waals surface area contributed by atoms with Gasteiger partial charge in [0.05, 0.1) is 31.5 Å². The van der Waals surface area contributed by atoms with Crippen molar-refractivity contribution in [2.24, 2.45) is 5.92 Å². The second-order valence-corrected chi connectivity index (χ2v) is 12.9. The van der Waals surface area contributed by atoms with Gasteiger partial charge in [-0.05, 0) is 74.4 Å². The number of benzene rings is 3. The lowest BCUT2D eigenvalue weighted by atomic mass is 9.87. The monoisotopic (exact) mass is 670 g/mol. The van der Waals surface area contributed by atoms with Crippen molar-refractivity contribution >= 4 is 11.4 Å². The lowest BCUT2D eigenvalue weighted by molar-refractivity contribution is -0.0206. The molecule has 2 aliphatic heterocycles. The molecular weight excluding hydrogens is 630 g/mol. The van der Waals surface area contributed by atoms with Crippen LogP contribution < -0.4 is 20.2 Å². The van der Waals surface area contributed by atoms with E-state index in [9.17, 15) is 13.6 Å². The van der Waals surface area contributed by atoms with Crippen molar-refractivity contribution in [3.05, 3.63) is 113 Å². The summed E-state index contributed by atoms with van der Waals surface area (Å²) in [6.45, 7) is 8.54. The minimum absolute atomic E-state index is 0.00165. The molecule has 49 heavy (non-hydrogen) atoms. The molecule has 2 aromatic heterocycles. The molecule has 0 amide bonds. The maximum atomic E-state index is 15.0. The lowest BCUT2D eigenvalue weighted by Gasteiger charge is -2.37. The van der Waals surface area contributed by atoms with Crippen molar-refractivity contribution in [1.29, 1.82) is 0 Å². The molecule has 3 aromatic carbocycles. The highest BCUT2D eigenvalue weighted by Crippen LogP contribution is 2.42. The molecule has 0 N–H and O–H groups in total. The van der Waals surface area contributed by atoms with Crippen LogP contribution in [0.2, 0.25) is 0 Å². The van der Waals surface area contributed by atoms with Gasteiger partial charge < -0.3 is 19.3 Å². The van der Waals surface area contributed by atoms with Crippen molar-refractivity contribution < 1.29 is 18.3 Å². The van der Waals surface area contributed by atoms with E-state index in [0.29, 0.717) is 25.2 Å². The van der Waals surface area contributed by atoms with Crippen LogP contribution in [0.25, 0.3) is 5.69 Å². The minimum Gasteiger partial charge on any atom is -0.493 e. The Bertz CT molecular complexity index is 1900. The lowest BCUT2D eigenvalue weighted by Crippen LogP contribution is -2.46. The maximum absolute atomic E-state index is 15.0. The fourth-order valence-corrected chi connectivity index (χ4v) is 6.77. The number of piperazine rings is 1. The van der Waals surface area contributed by atoms with Crippen molar-refractivity contribution in [2.45, 2.75) is 44.9 Å². The summed E-state index contributed by atoms with van der Waals surface area (Å²) in [5.74, 6) is -0.529. The number of hydrogen-bond donors (Lipinski definition) is 0. The van der Waals surface area contributed by atoms with E-state index in [1.54, 1.807) is 21.9 Å². The van der Waals surface area contributed by atoms with Gasteiger partial charge >= 0.3 is 5.69 Å². The summed E-state index contributed by atoms with van der Waals surface area (Å²) >= 11 is 0. The van der Waals surface area contributed by atoms with Crippen molar-refractivity contribution in [1.82, 2.24) is 29.1 Å². The predicted octanol–water partition coefficient (Wildman–Crippen LogP) is 5.21. The molecule has 0 unspecified atom stereocenters. The smallest absolute Gasteiger partial charge is 0.350 e. The van der Waals surface area contributed by atoms with Crippen LogP contribution in [0.4, 0.5) is 20.2 Å². The first-order valence-corrected chi connectivity index (χ1v) is 16.7. The molecule has 2 fully saturated rings. The fraction of sp³-hybridized carbons (Fsp3) is 0.389. The Labute approximate surface area is 283 Å². The first-order chi connectivity index (χ1) is 23.8. The van der Waals surface area contributed by atoms with Crippen molar-refractivity contribution in [3.63, 3.8) is 0 Å². The van der Waals surface area contributed by atoms with Crippen LogP contribution in [-0.2, 0) is 16.9 Å². The van der Waals surface area contributed by atoms with Crippen LogP contribution in [0.1, 0.15) is 38.3 Å². The van der Waals surface area contributed by atoms with E-state index in [1.807, 2.05) is 38.1 Å². The van der Waals surface area contributed by atoms with Gasteiger partial charge in [-0.3, -0.25) is 0 Å². The molecule has 256 valence electrons. The van der Waals surface area contributed by atoms with Gasteiger partial charge in [0.2, 0.25) is 0 Å². The average Bonchev–Trinajstić information content (AvgIpc) is 3.88. The van der Waals surface area contributed by atoms with E-state index >= 15 is 0 Å². The topological polar surface area (TPSA) is 95.5 Å². The first kappa shape index (κ1) is 32.5. The summed E-state index contributed by atoms with van der Waals surface area (Å²) in [6, 6.07) is 19.8. The summed E-state index contributed by atoms with van der Waals surface area (Å²) in [6.07, 6.45) is 5.90. The van der Waals surface area contributed by atoms with Crippen LogP contribution in [0.5, 0.6) is 5.75 Å². The largest absolute Gasteiger partial charge is 0.493 e. The van der Waals surface area contributed by atoms with Gasteiger partial charge in [-0.25, -0.2) is 32.5 Å². The molecule has 0 spiro atoms. The van der Waals surface area contributed by atoms with E-state index in [1.165, 1.54) is 23.1 Å². The third kappa shape index (κ3) is 6.80. The molecule has 7 rings (SSSR count). The summed E-state index contributed by atoms with van der Waals surface area (Å²) in [5.41, 5.74) is 2.22. The van der Waals surface area contributed by atoms with Gasteiger partial charge in [0.25, 0.3) is 0 Å². The molecule has 4 heterocycles. The number of aromatic nitrogens is 6. The van der Waals surface area contributed by atoms with E-state index < -0.39 is 17.2 Å². The van der Waals surface area contributed by atoms with Crippen molar-refractivity contribution in [2.75, 3.05) is 49.2 Å². The molecule has 3 atom stereocenters. The van der Waals surface area contributed by atoms with Crippen molar-refractivity contribution in [3.8, 4) is 11.4 Å². The van der Waals surface area contributed by atoms with Gasteiger partial charge in [-0.1, -0.05) is 13.0 Å². The number of hydrogen-bond acceptors (Lipinski definition) is 8. The second-order valence-electron chi connectivity index (χ2n) is 12.9. The number of nitrogens with zero attached hydrogens (tertiary/aromatic N) is 8. The normalized spacial score (nSPS) is 20.1. The maximum Gasteiger partial charge on any atom is 0.350 e. The zero-order valence-corrected chi connectivity index (χ0v) is 27.7. The Morgan fingerprint density at radius 3 is 2.22 bits per heavy atom. The average molecular weight is 671 g/mol. The highest BCUT2D eigenvalue weighted by molar-refractivity contribution is 5.54. The summed E-state index contributed by atoms with van der Waals surface area (Å²) in [5, 5.41) is 8.47. The zero-order valence-electron chi connectivity index (χ0n) is 27.7. The molecule has 0 radical (unpaired) electrons. The van der Waals surface area contributed by atoms with Gasteiger partial charge in [0, 0.05) is 55.1 Å². The van der Waals surface area contributed by atoms with Crippen LogP contribution >= 0.6 is 0 Å². The third-order valence-electron chi connectivity index (χ3n) is 9.68. The molecule has 0 aliphatic carbocycles. The Kier molecular flexibility index (Phi) is 9.17. The van der Waals surface area contributed by atoms with Gasteiger partial charge in [0.15, 0.2) is 0 Å². The molecule has 0 saturated carbocycles. The summed E-state index contributed by atoms with van der Waals surface area (Å²) < 4.78 is 45.8. The van der Waals surface area contributed by atoms with Crippen LogP contribution in [0.15, 0.2) is 90.5 Å². The quantitative estimate of drug-likeness (QED) is 0.189. The highest BCUT2D eigenvalue weighted by Gasteiger charge is 2.44. The van der Waals surface area contributed by atoms with Gasteiger partial charge in [-0.15, -0.1) is 0 Å². The summed E-state index contributed by atoms with van der Waals surface area (Å²) in [4.78, 5) is 21.5. The van der Waals surface area contributed by atoms with Gasteiger partial charge in [0.1, 0.15) is 42.0 Å². The van der Waals surface area contributed by atoms with E-state index in [-0.39, 0.29) is 24.2 Å². The third-order valence-corrected chi connectivity index (χ3v) is 9.68. The number of anilines is 2.